The number of likely N-dealkylation sites (N-methyl/N-ethyl adjacent to an activating group) is 1. The van der Waals surface area contributed by atoms with E-state index in [2.05, 4.69) is 0 Å². The van der Waals surface area contributed by atoms with Crippen LogP contribution < -0.4 is 0 Å². The first-order chi connectivity index (χ1) is 9.12. The molecule has 0 radical (unpaired) electrons. The molecule has 1 N–H and O–H groups in total. The number of carboxylic acids is 1. The lowest BCUT2D eigenvalue weighted by Gasteiger charge is -2.25. The predicted molar refractivity (Wildman–Crippen MR) is 65.1 cm³/mol. The van der Waals surface area contributed by atoms with Crippen LogP contribution in [-0.2, 0) is 16.0 Å². The zero-order chi connectivity index (χ0) is 15.5. The number of aliphatic carboxylic acids is 1. The molecule has 0 saturated heterocycles. The maximum atomic E-state index is 12.3. The Labute approximate surface area is 113 Å². The van der Waals surface area contributed by atoms with Crippen molar-refractivity contribution in [1.29, 1.82) is 0 Å². The third-order valence-electron chi connectivity index (χ3n) is 2.87. The Balaban J connectivity index is 2.92. The van der Waals surface area contributed by atoms with Crippen molar-refractivity contribution in [1.82, 2.24) is 4.90 Å². The first-order valence-corrected chi connectivity index (χ1v) is 5.75. The second-order valence-electron chi connectivity index (χ2n) is 4.46. The van der Waals surface area contributed by atoms with Crippen LogP contribution in [0.25, 0.3) is 0 Å². The van der Waals surface area contributed by atoms with Crippen molar-refractivity contribution in [3.8, 4) is 0 Å². The molecular formula is C13H14F3NO3. The standard InChI is InChI=1S/C13H14F3NO3/c1-8-3-5-9(6-4-8)7-10(11(18)19)17(2)12(20)13(14,15)16/h3-6,10H,7H2,1-2H3,(H,18,19)/t10-/m0/s1. The fourth-order valence-electron chi connectivity index (χ4n) is 1.68. The number of hydrogen-bond donors (Lipinski definition) is 1. The van der Waals surface area contributed by atoms with Gasteiger partial charge in [0.25, 0.3) is 0 Å². The van der Waals surface area contributed by atoms with Gasteiger partial charge in [0.05, 0.1) is 0 Å². The molecule has 7 heteroatoms. The van der Waals surface area contributed by atoms with Crippen molar-refractivity contribution >= 4 is 11.9 Å². The number of halogens is 3. The van der Waals surface area contributed by atoms with E-state index in [4.69, 9.17) is 5.11 Å². The number of carbonyl (C=O) groups excluding carboxylic acids is 1. The first kappa shape index (κ1) is 16.0. The lowest BCUT2D eigenvalue weighted by Crippen LogP contribution is -2.49. The van der Waals surface area contributed by atoms with E-state index in [-0.39, 0.29) is 11.3 Å². The Morgan fingerprint density at radius 3 is 2.15 bits per heavy atom. The average Bonchev–Trinajstić information content (AvgIpc) is 2.35. The molecule has 1 amide bonds. The van der Waals surface area contributed by atoms with Crippen molar-refractivity contribution in [2.75, 3.05) is 7.05 Å². The number of alkyl halides is 3. The quantitative estimate of drug-likeness (QED) is 0.922. The number of carbonyl (C=O) groups is 2. The minimum atomic E-state index is -5.09. The van der Waals surface area contributed by atoms with Crippen molar-refractivity contribution in [3.63, 3.8) is 0 Å². The number of hydrogen-bond acceptors (Lipinski definition) is 2. The molecule has 0 heterocycles. The molecular weight excluding hydrogens is 275 g/mol. The Morgan fingerprint density at radius 1 is 1.25 bits per heavy atom. The fraction of sp³-hybridized carbons (Fsp3) is 0.385. The molecule has 0 aliphatic heterocycles. The van der Waals surface area contributed by atoms with Gasteiger partial charge in [-0.25, -0.2) is 4.79 Å². The largest absolute Gasteiger partial charge is 0.480 e. The van der Waals surface area contributed by atoms with Crippen LogP contribution >= 0.6 is 0 Å². The second kappa shape index (κ2) is 5.94. The summed E-state index contributed by atoms with van der Waals surface area (Å²) in [4.78, 5) is 22.4. The summed E-state index contributed by atoms with van der Waals surface area (Å²) in [6.07, 6.45) is -5.27. The molecule has 0 aliphatic carbocycles. The Kier molecular flexibility index (Phi) is 4.75. The maximum absolute atomic E-state index is 12.3. The third kappa shape index (κ3) is 3.97. The number of nitrogens with zero attached hydrogens (tertiary/aromatic N) is 1. The van der Waals surface area contributed by atoms with Gasteiger partial charge in [0.2, 0.25) is 0 Å². The van der Waals surface area contributed by atoms with Crippen LogP contribution in [0.4, 0.5) is 13.2 Å². The number of aryl methyl sites for hydroxylation is 1. The molecule has 0 fully saturated rings. The highest BCUT2D eigenvalue weighted by Crippen LogP contribution is 2.20. The molecule has 0 bridgehead atoms. The van der Waals surface area contributed by atoms with E-state index in [0.717, 1.165) is 12.6 Å². The highest BCUT2D eigenvalue weighted by atomic mass is 19.4. The van der Waals surface area contributed by atoms with Gasteiger partial charge in [-0.05, 0) is 12.5 Å². The third-order valence-corrected chi connectivity index (χ3v) is 2.87. The van der Waals surface area contributed by atoms with Gasteiger partial charge in [0, 0.05) is 13.5 Å². The van der Waals surface area contributed by atoms with Gasteiger partial charge in [-0.1, -0.05) is 29.8 Å². The van der Waals surface area contributed by atoms with E-state index in [9.17, 15) is 22.8 Å². The molecule has 0 aromatic heterocycles. The molecule has 0 unspecified atom stereocenters. The smallest absolute Gasteiger partial charge is 0.471 e. The molecule has 0 spiro atoms. The van der Waals surface area contributed by atoms with E-state index in [1.807, 2.05) is 6.92 Å². The van der Waals surface area contributed by atoms with Crippen LogP contribution in [-0.4, -0.2) is 41.1 Å². The minimum Gasteiger partial charge on any atom is -0.480 e. The molecule has 4 nitrogen and oxygen atoms in total. The van der Waals surface area contributed by atoms with Crippen molar-refractivity contribution in [2.24, 2.45) is 0 Å². The van der Waals surface area contributed by atoms with Crippen molar-refractivity contribution in [3.05, 3.63) is 35.4 Å². The van der Waals surface area contributed by atoms with Gasteiger partial charge in [0.1, 0.15) is 6.04 Å². The van der Waals surface area contributed by atoms with Crippen LogP contribution in [0.2, 0.25) is 0 Å². The highest BCUT2D eigenvalue weighted by molar-refractivity contribution is 5.87. The zero-order valence-corrected chi connectivity index (χ0v) is 10.9. The number of rotatable bonds is 4. The van der Waals surface area contributed by atoms with Crippen LogP contribution in [0.1, 0.15) is 11.1 Å². The van der Waals surface area contributed by atoms with Gasteiger partial charge in [0.15, 0.2) is 0 Å². The van der Waals surface area contributed by atoms with E-state index < -0.39 is 24.1 Å². The summed E-state index contributed by atoms with van der Waals surface area (Å²) in [6, 6.07) is 5.13. The second-order valence-corrected chi connectivity index (χ2v) is 4.46. The lowest BCUT2D eigenvalue weighted by atomic mass is 10.0. The fourth-order valence-corrected chi connectivity index (χ4v) is 1.68. The lowest BCUT2D eigenvalue weighted by molar-refractivity contribution is -0.188. The van der Waals surface area contributed by atoms with Gasteiger partial charge >= 0.3 is 18.1 Å². The average molecular weight is 289 g/mol. The highest BCUT2D eigenvalue weighted by Gasteiger charge is 2.44. The molecule has 1 aromatic rings. The van der Waals surface area contributed by atoms with Gasteiger partial charge in [-0.3, -0.25) is 4.79 Å². The van der Waals surface area contributed by atoms with E-state index in [0.29, 0.717) is 5.56 Å². The summed E-state index contributed by atoms with van der Waals surface area (Å²) in [6.45, 7) is 1.83. The summed E-state index contributed by atoms with van der Waals surface area (Å²) in [5.74, 6) is -3.65. The maximum Gasteiger partial charge on any atom is 0.471 e. The molecule has 0 saturated carbocycles. The summed E-state index contributed by atoms with van der Waals surface area (Å²) >= 11 is 0. The first-order valence-electron chi connectivity index (χ1n) is 5.75. The van der Waals surface area contributed by atoms with Crippen LogP contribution in [0.15, 0.2) is 24.3 Å². The molecule has 1 atom stereocenters. The topological polar surface area (TPSA) is 57.6 Å². The number of benzene rings is 1. The summed E-state index contributed by atoms with van der Waals surface area (Å²) in [7, 11) is 0.836. The molecule has 0 aliphatic rings. The molecule has 1 aromatic carbocycles. The Bertz CT molecular complexity index is 497. The van der Waals surface area contributed by atoms with Crippen LogP contribution in [0, 0.1) is 6.92 Å². The zero-order valence-electron chi connectivity index (χ0n) is 10.9. The minimum absolute atomic E-state index is 0.187. The van der Waals surface area contributed by atoms with E-state index in [1.165, 1.54) is 0 Å². The normalized spacial score (nSPS) is 12.8. The Hall–Kier alpha value is -2.05. The summed E-state index contributed by atoms with van der Waals surface area (Å²) in [5, 5.41) is 9.01. The Morgan fingerprint density at radius 2 is 1.75 bits per heavy atom. The van der Waals surface area contributed by atoms with Crippen LogP contribution in [0.3, 0.4) is 0 Å². The van der Waals surface area contributed by atoms with Gasteiger partial charge in [-0.2, -0.15) is 13.2 Å². The van der Waals surface area contributed by atoms with Crippen molar-refractivity contribution < 1.29 is 27.9 Å². The number of amides is 1. The molecule has 20 heavy (non-hydrogen) atoms. The van der Waals surface area contributed by atoms with E-state index in [1.54, 1.807) is 24.3 Å². The van der Waals surface area contributed by atoms with Crippen LogP contribution in [0.5, 0.6) is 0 Å². The molecule has 1 rings (SSSR count). The number of carboxylic acid groups (broad SMARTS) is 1. The SMILES string of the molecule is Cc1ccc(C[C@@H](C(=O)O)N(C)C(=O)C(F)(F)F)cc1. The van der Waals surface area contributed by atoms with Crippen molar-refractivity contribution in [2.45, 2.75) is 25.6 Å². The summed E-state index contributed by atoms with van der Waals surface area (Å²) in [5.41, 5.74) is 1.49. The van der Waals surface area contributed by atoms with Gasteiger partial charge in [-0.15, -0.1) is 0 Å². The monoisotopic (exact) mass is 289 g/mol. The summed E-state index contributed by atoms with van der Waals surface area (Å²) < 4.78 is 37.0. The predicted octanol–water partition coefficient (Wildman–Crippen LogP) is 2.01. The van der Waals surface area contributed by atoms with Gasteiger partial charge < -0.3 is 10.0 Å². The molecule has 110 valence electrons. The van der Waals surface area contributed by atoms with E-state index >= 15 is 0 Å².